The Labute approximate surface area is 183 Å². The lowest BCUT2D eigenvalue weighted by Crippen LogP contribution is -2.30. The standard InChI is InChI=1S/C25H29NO5/c1-4-7-15-26-22(18-9-8-10-20(16-18)31-6-3)21(24(28)25(26)29)23(27)17-11-13-19(14-12-17)30-5-2/h8-14,16,22,27H,4-7,15H2,1-3H3/b23-21-. The third-order valence-corrected chi connectivity index (χ3v) is 5.22. The molecule has 1 unspecified atom stereocenters. The molecule has 0 bridgehead atoms. The number of aliphatic hydroxyl groups excluding tert-OH is 1. The molecular weight excluding hydrogens is 394 g/mol. The molecule has 0 radical (unpaired) electrons. The van der Waals surface area contributed by atoms with Gasteiger partial charge >= 0.3 is 0 Å². The highest BCUT2D eigenvalue weighted by Crippen LogP contribution is 2.40. The van der Waals surface area contributed by atoms with Gasteiger partial charge in [-0.05, 0) is 62.2 Å². The topological polar surface area (TPSA) is 76.1 Å². The second-order valence-corrected chi connectivity index (χ2v) is 7.31. The second-order valence-electron chi connectivity index (χ2n) is 7.31. The summed E-state index contributed by atoms with van der Waals surface area (Å²) >= 11 is 0. The van der Waals surface area contributed by atoms with Crippen LogP contribution in [-0.2, 0) is 9.59 Å². The molecule has 1 aliphatic rings. The molecule has 164 valence electrons. The quantitative estimate of drug-likeness (QED) is 0.359. The number of ether oxygens (including phenoxy) is 2. The average molecular weight is 424 g/mol. The molecule has 6 heteroatoms. The van der Waals surface area contributed by atoms with Crippen LogP contribution < -0.4 is 9.47 Å². The van der Waals surface area contributed by atoms with Gasteiger partial charge in [0.2, 0.25) is 0 Å². The molecule has 0 aliphatic carbocycles. The number of rotatable bonds is 9. The monoisotopic (exact) mass is 423 g/mol. The zero-order valence-corrected chi connectivity index (χ0v) is 18.3. The summed E-state index contributed by atoms with van der Waals surface area (Å²) in [5, 5.41) is 11.1. The lowest BCUT2D eigenvalue weighted by Gasteiger charge is -2.25. The van der Waals surface area contributed by atoms with Gasteiger partial charge in [0, 0.05) is 12.1 Å². The molecule has 1 atom stereocenters. The normalized spacial score (nSPS) is 17.8. The summed E-state index contributed by atoms with van der Waals surface area (Å²) in [6.07, 6.45) is 1.64. The molecule has 1 amide bonds. The zero-order chi connectivity index (χ0) is 22.4. The Hall–Kier alpha value is -3.28. The van der Waals surface area contributed by atoms with E-state index < -0.39 is 17.7 Å². The summed E-state index contributed by atoms with van der Waals surface area (Å²) < 4.78 is 11.1. The number of Topliss-reactive ketones (excluding diaryl/α,β-unsaturated/α-hetero) is 1. The highest BCUT2D eigenvalue weighted by molar-refractivity contribution is 6.46. The van der Waals surface area contributed by atoms with Crippen LogP contribution in [0, 0.1) is 0 Å². The van der Waals surface area contributed by atoms with Crippen molar-refractivity contribution in [2.24, 2.45) is 0 Å². The predicted molar refractivity (Wildman–Crippen MR) is 119 cm³/mol. The third-order valence-electron chi connectivity index (χ3n) is 5.22. The largest absolute Gasteiger partial charge is 0.507 e. The highest BCUT2D eigenvalue weighted by Gasteiger charge is 2.45. The predicted octanol–water partition coefficient (Wildman–Crippen LogP) is 4.71. The lowest BCUT2D eigenvalue weighted by atomic mass is 9.95. The molecular formula is C25H29NO5. The van der Waals surface area contributed by atoms with E-state index in [0.717, 1.165) is 18.4 Å². The van der Waals surface area contributed by atoms with Crippen molar-refractivity contribution in [3.63, 3.8) is 0 Å². The summed E-state index contributed by atoms with van der Waals surface area (Å²) in [7, 11) is 0. The van der Waals surface area contributed by atoms with E-state index in [1.54, 1.807) is 29.2 Å². The smallest absolute Gasteiger partial charge is 0.295 e. The number of carbonyl (C=O) groups excluding carboxylic acids is 2. The van der Waals surface area contributed by atoms with Crippen molar-refractivity contribution in [3.8, 4) is 11.5 Å². The summed E-state index contributed by atoms with van der Waals surface area (Å²) in [4.78, 5) is 27.4. The van der Waals surface area contributed by atoms with Crippen LogP contribution >= 0.6 is 0 Å². The maximum Gasteiger partial charge on any atom is 0.295 e. The Morgan fingerprint density at radius 2 is 1.65 bits per heavy atom. The van der Waals surface area contributed by atoms with E-state index in [1.165, 1.54) is 0 Å². The van der Waals surface area contributed by atoms with Crippen LogP contribution in [0.15, 0.2) is 54.1 Å². The Morgan fingerprint density at radius 3 is 2.29 bits per heavy atom. The SMILES string of the molecule is CCCCN1C(=O)C(=O)/C(=C(\O)c2ccc(OCC)cc2)C1c1cccc(OCC)c1. The molecule has 1 fully saturated rings. The molecule has 1 N–H and O–H groups in total. The van der Waals surface area contributed by atoms with E-state index in [-0.39, 0.29) is 11.3 Å². The van der Waals surface area contributed by atoms with E-state index in [1.807, 2.05) is 45.0 Å². The summed E-state index contributed by atoms with van der Waals surface area (Å²) in [6, 6.07) is 13.5. The maximum atomic E-state index is 13.0. The van der Waals surface area contributed by atoms with Gasteiger partial charge in [-0.2, -0.15) is 0 Å². The molecule has 6 nitrogen and oxygen atoms in total. The van der Waals surface area contributed by atoms with Crippen molar-refractivity contribution in [2.75, 3.05) is 19.8 Å². The van der Waals surface area contributed by atoms with Crippen molar-refractivity contribution in [2.45, 2.75) is 39.7 Å². The highest BCUT2D eigenvalue weighted by atomic mass is 16.5. The fourth-order valence-corrected chi connectivity index (χ4v) is 3.76. The Balaban J connectivity index is 2.10. The van der Waals surface area contributed by atoms with Gasteiger partial charge in [0.15, 0.2) is 0 Å². The van der Waals surface area contributed by atoms with Crippen LogP contribution in [0.4, 0.5) is 0 Å². The Morgan fingerprint density at radius 1 is 0.968 bits per heavy atom. The van der Waals surface area contributed by atoms with Gasteiger partial charge in [-0.15, -0.1) is 0 Å². The summed E-state index contributed by atoms with van der Waals surface area (Å²) in [5.74, 6) is -0.125. The molecule has 2 aromatic carbocycles. The lowest BCUT2D eigenvalue weighted by molar-refractivity contribution is -0.139. The molecule has 0 aromatic heterocycles. The summed E-state index contributed by atoms with van der Waals surface area (Å²) in [5.41, 5.74) is 1.29. The minimum Gasteiger partial charge on any atom is -0.507 e. The number of benzene rings is 2. The van der Waals surface area contributed by atoms with Crippen LogP contribution in [0.2, 0.25) is 0 Å². The summed E-state index contributed by atoms with van der Waals surface area (Å²) in [6.45, 7) is 7.29. The van der Waals surface area contributed by atoms with Gasteiger partial charge in [0.05, 0.1) is 24.8 Å². The number of amides is 1. The molecule has 3 rings (SSSR count). The van der Waals surface area contributed by atoms with E-state index in [4.69, 9.17) is 9.47 Å². The molecule has 31 heavy (non-hydrogen) atoms. The second kappa shape index (κ2) is 10.2. The molecule has 1 heterocycles. The van der Waals surface area contributed by atoms with Gasteiger partial charge in [-0.3, -0.25) is 9.59 Å². The van der Waals surface area contributed by atoms with Crippen LogP contribution in [-0.4, -0.2) is 41.5 Å². The first-order valence-corrected chi connectivity index (χ1v) is 10.8. The first-order valence-electron chi connectivity index (χ1n) is 10.8. The fourth-order valence-electron chi connectivity index (χ4n) is 3.76. The van der Waals surface area contributed by atoms with E-state index in [2.05, 4.69) is 0 Å². The van der Waals surface area contributed by atoms with E-state index >= 15 is 0 Å². The van der Waals surface area contributed by atoms with Crippen molar-refractivity contribution < 1.29 is 24.2 Å². The first kappa shape index (κ1) is 22.4. The number of aliphatic hydroxyl groups is 1. The van der Waals surface area contributed by atoms with Gasteiger partial charge in [0.1, 0.15) is 17.3 Å². The van der Waals surface area contributed by atoms with Gasteiger partial charge in [-0.25, -0.2) is 0 Å². The van der Waals surface area contributed by atoms with Crippen LogP contribution in [0.5, 0.6) is 11.5 Å². The minimum atomic E-state index is -0.672. The first-order chi connectivity index (χ1) is 15.0. The molecule has 0 spiro atoms. The van der Waals surface area contributed by atoms with E-state index in [0.29, 0.717) is 36.8 Å². The molecule has 0 saturated carbocycles. The van der Waals surface area contributed by atoms with Gasteiger partial charge < -0.3 is 19.5 Å². The van der Waals surface area contributed by atoms with Crippen molar-refractivity contribution in [1.82, 2.24) is 4.90 Å². The number of ketones is 1. The number of likely N-dealkylation sites (tertiary alicyclic amines) is 1. The zero-order valence-electron chi connectivity index (χ0n) is 18.3. The van der Waals surface area contributed by atoms with Crippen LogP contribution in [0.1, 0.15) is 50.8 Å². The Bertz CT molecular complexity index is 964. The molecule has 1 saturated heterocycles. The van der Waals surface area contributed by atoms with Crippen molar-refractivity contribution >= 4 is 17.4 Å². The van der Waals surface area contributed by atoms with Crippen LogP contribution in [0.3, 0.4) is 0 Å². The van der Waals surface area contributed by atoms with E-state index in [9.17, 15) is 14.7 Å². The van der Waals surface area contributed by atoms with Gasteiger partial charge in [-0.1, -0.05) is 25.5 Å². The number of hydrogen-bond acceptors (Lipinski definition) is 5. The minimum absolute atomic E-state index is 0.0962. The fraction of sp³-hybridized carbons (Fsp3) is 0.360. The number of nitrogens with zero attached hydrogens (tertiary/aromatic N) is 1. The number of carbonyl (C=O) groups is 2. The third kappa shape index (κ3) is 4.74. The average Bonchev–Trinajstić information content (AvgIpc) is 3.03. The van der Waals surface area contributed by atoms with Crippen molar-refractivity contribution in [1.29, 1.82) is 0 Å². The Kier molecular flexibility index (Phi) is 7.34. The van der Waals surface area contributed by atoms with Gasteiger partial charge in [0.25, 0.3) is 11.7 Å². The van der Waals surface area contributed by atoms with Crippen LogP contribution in [0.25, 0.3) is 5.76 Å². The molecule has 2 aromatic rings. The maximum absolute atomic E-state index is 13.0. The number of unbranched alkanes of at least 4 members (excludes halogenated alkanes) is 1. The van der Waals surface area contributed by atoms with Crippen molar-refractivity contribution in [3.05, 3.63) is 65.2 Å². The molecule has 1 aliphatic heterocycles. The number of hydrogen-bond donors (Lipinski definition) is 1.